The Morgan fingerprint density at radius 3 is 2.50 bits per heavy atom. The molecule has 1 unspecified atom stereocenters. The molecule has 1 aromatic carbocycles. The second kappa shape index (κ2) is 7.97. The van der Waals surface area contributed by atoms with E-state index in [0.717, 1.165) is 62.5 Å². The van der Waals surface area contributed by atoms with Crippen LogP contribution in [0.5, 0.6) is 0 Å². The summed E-state index contributed by atoms with van der Waals surface area (Å²) in [6.07, 6.45) is 6.51. The number of benzene rings is 1. The first-order valence-corrected chi connectivity index (χ1v) is 10.1. The molecule has 6 heteroatoms. The third-order valence-electron chi connectivity index (χ3n) is 6.37. The Labute approximate surface area is 167 Å². The second-order valence-electron chi connectivity index (χ2n) is 8.20. The van der Waals surface area contributed by atoms with Crippen LogP contribution in [0.2, 0.25) is 0 Å². The maximum Gasteiger partial charge on any atom is 0.222 e. The monoisotopic (exact) mass is 379 g/mol. The van der Waals surface area contributed by atoms with E-state index in [-0.39, 0.29) is 11.4 Å². The molecule has 28 heavy (non-hydrogen) atoms. The van der Waals surface area contributed by atoms with Gasteiger partial charge >= 0.3 is 0 Å². The quantitative estimate of drug-likeness (QED) is 0.819. The summed E-state index contributed by atoms with van der Waals surface area (Å²) in [6.45, 7) is 4.74. The number of carbonyl (C=O) groups is 1. The molecule has 1 aromatic heterocycles. The van der Waals surface area contributed by atoms with Gasteiger partial charge in [-0.25, -0.2) is 9.97 Å². The molecule has 1 spiro atoms. The van der Waals surface area contributed by atoms with Gasteiger partial charge in [0.15, 0.2) is 5.82 Å². The van der Waals surface area contributed by atoms with Gasteiger partial charge in [0.1, 0.15) is 0 Å². The van der Waals surface area contributed by atoms with Gasteiger partial charge in [0.05, 0.1) is 0 Å². The first-order valence-electron chi connectivity index (χ1n) is 10.1. The van der Waals surface area contributed by atoms with Crippen molar-refractivity contribution >= 4 is 5.91 Å². The van der Waals surface area contributed by atoms with E-state index in [2.05, 4.69) is 26.8 Å². The third-order valence-corrected chi connectivity index (χ3v) is 6.37. The van der Waals surface area contributed by atoms with E-state index in [4.69, 9.17) is 0 Å². The van der Waals surface area contributed by atoms with E-state index < -0.39 is 0 Å². The highest BCUT2D eigenvalue weighted by Crippen LogP contribution is 2.32. The lowest BCUT2D eigenvalue weighted by Gasteiger charge is -2.49. The van der Waals surface area contributed by atoms with Crippen LogP contribution in [0.25, 0.3) is 11.4 Å². The summed E-state index contributed by atoms with van der Waals surface area (Å²) >= 11 is 0. The number of likely N-dealkylation sites (tertiary alicyclic amines) is 1. The molecule has 4 rings (SSSR count). The predicted molar refractivity (Wildman–Crippen MR) is 110 cm³/mol. The number of amides is 1. The summed E-state index contributed by atoms with van der Waals surface area (Å²) < 4.78 is 0. The summed E-state index contributed by atoms with van der Waals surface area (Å²) in [5, 5.41) is 0. The summed E-state index contributed by atoms with van der Waals surface area (Å²) in [7, 11) is 4.14. The number of hydrogen-bond acceptors (Lipinski definition) is 5. The Hall–Kier alpha value is -2.31. The van der Waals surface area contributed by atoms with Crippen molar-refractivity contribution in [3.8, 4) is 11.4 Å². The van der Waals surface area contributed by atoms with E-state index in [1.54, 1.807) is 0 Å². The molecule has 0 radical (unpaired) electrons. The highest BCUT2D eigenvalue weighted by Gasteiger charge is 2.41. The van der Waals surface area contributed by atoms with Crippen LogP contribution < -0.4 is 0 Å². The molecule has 3 heterocycles. The maximum absolute atomic E-state index is 12.1. The molecular formula is C22H29N5O. The average Bonchev–Trinajstić information content (AvgIpc) is 2.87. The number of hydrogen-bond donors (Lipinski definition) is 0. The smallest absolute Gasteiger partial charge is 0.222 e. The Kier molecular flexibility index (Phi) is 5.42. The van der Waals surface area contributed by atoms with Gasteiger partial charge in [-0.05, 0) is 19.9 Å². The normalized spacial score (nSPS) is 24.5. The molecular weight excluding hydrogens is 350 g/mol. The lowest BCUT2D eigenvalue weighted by atomic mass is 9.86. The largest absolute Gasteiger partial charge is 0.346 e. The SMILES string of the molecule is CN1CCC2(CCC1=O)CN(Cc1cnc(-c3ccccc3)nc1)CCN2C. The molecule has 2 saturated heterocycles. The number of nitrogens with zero attached hydrogens (tertiary/aromatic N) is 5. The molecule has 2 fully saturated rings. The molecule has 1 amide bonds. The van der Waals surface area contributed by atoms with Crippen molar-refractivity contribution < 1.29 is 4.79 Å². The molecule has 6 nitrogen and oxygen atoms in total. The molecule has 2 aliphatic rings. The first kappa shape index (κ1) is 19.0. The Morgan fingerprint density at radius 2 is 1.75 bits per heavy atom. The van der Waals surface area contributed by atoms with Crippen LogP contribution in [-0.4, -0.2) is 76.4 Å². The molecule has 2 aliphatic heterocycles. The number of carbonyl (C=O) groups excluding carboxylic acids is 1. The third kappa shape index (κ3) is 3.93. The van der Waals surface area contributed by atoms with Crippen LogP contribution in [0, 0.1) is 0 Å². The van der Waals surface area contributed by atoms with Crippen molar-refractivity contribution in [3.05, 3.63) is 48.3 Å². The molecule has 2 aromatic rings. The minimum Gasteiger partial charge on any atom is -0.346 e. The fraction of sp³-hybridized carbons (Fsp3) is 0.500. The van der Waals surface area contributed by atoms with Crippen LogP contribution in [-0.2, 0) is 11.3 Å². The number of rotatable bonds is 3. The standard InChI is InChI=1S/C22H29N5O/c1-25-11-10-22(9-8-20(25)28)17-27(13-12-26(22)2)16-18-14-23-21(24-15-18)19-6-4-3-5-7-19/h3-7,14-15H,8-13,16-17H2,1-2H3. The van der Waals surface area contributed by atoms with Crippen LogP contribution in [0.15, 0.2) is 42.7 Å². The predicted octanol–water partition coefficient (Wildman–Crippen LogP) is 2.27. The van der Waals surface area contributed by atoms with Crippen molar-refractivity contribution in [2.45, 2.75) is 31.3 Å². The molecule has 1 atom stereocenters. The van der Waals surface area contributed by atoms with Gasteiger partial charge in [-0.2, -0.15) is 0 Å². The molecule has 0 aliphatic carbocycles. The Bertz CT molecular complexity index is 809. The van der Waals surface area contributed by atoms with Crippen LogP contribution in [0.1, 0.15) is 24.8 Å². The highest BCUT2D eigenvalue weighted by atomic mass is 16.2. The van der Waals surface area contributed by atoms with E-state index in [0.29, 0.717) is 6.42 Å². The van der Waals surface area contributed by atoms with Gasteiger partial charge in [-0.15, -0.1) is 0 Å². The zero-order valence-corrected chi connectivity index (χ0v) is 16.8. The maximum atomic E-state index is 12.1. The van der Waals surface area contributed by atoms with Crippen LogP contribution in [0.4, 0.5) is 0 Å². The van der Waals surface area contributed by atoms with Gasteiger partial charge in [0.2, 0.25) is 5.91 Å². The Morgan fingerprint density at radius 1 is 1.00 bits per heavy atom. The van der Waals surface area contributed by atoms with E-state index in [1.807, 2.05) is 54.7 Å². The summed E-state index contributed by atoms with van der Waals surface area (Å²) in [4.78, 5) is 28.1. The zero-order chi connectivity index (χ0) is 19.6. The van der Waals surface area contributed by atoms with Gasteiger partial charge in [-0.3, -0.25) is 14.6 Å². The van der Waals surface area contributed by atoms with Crippen molar-refractivity contribution in [2.75, 3.05) is 40.3 Å². The molecule has 0 saturated carbocycles. The minimum absolute atomic E-state index is 0.0868. The Balaban J connectivity index is 1.44. The number of aromatic nitrogens is 2. The van der Waals surface area contributed by atoms with E-state index in [9.17, 15) is 4.79 Å². The van der Waals surface area contributed by atoms with Crippen molar-refractivity contribution in [2.24, 2.45) is 0 Å². The first-order chi connectivity index (χ1) is 13.6. The van der Waals surface area contributed by atoms with Gasteiger partial charge < -0.3 is 4.90 Å². The number of likely N-dealkylation sites (N-methyl/N-ethyl adjacent to an activating group) is 1. The lowest BCUT2D eigenvalue weighted by Crippen LogP contribution is -2.60. The van der Waals surface area contributed by atoms with Gasteiger partial charge in [0.25, 0.3) is 0 Å². The van der Waals surface area contributed by atoms with Crippen LogP contribution >= 0.6 is 0 Å². The highest BCUT2D eigenvalue weighted by molar-refractivity contribution is 5.76. The summed E-state index contributed by atoms with van der Waals surface area (Å²) in [5.74, 6) is 1.04. The topological polar surface area (TPSA) is 52.6 Å². The lowest BCUT2D eigenvalue weighted by molar-refractivity contribution is -0.129. The average molecular weight is 380 g/mol. The van der Waals surface area contributed by atoms with E-state index in [1.165, 1.54) is 0 Å². The minimum atomic E-state index is 0.0868. The fourth-order valence-corrected chi connectivity index (χ4v) is 4.41. The second-order valence-corrected chi connectivity index (χ2v) is 8.20. The molecule has 0 N–H and O–H groups in total. The molecule has 0 bridgehead atoms. The van der Waals surface area contributed by atoms with Crippen molar-refractivity contribution in [1.82, 2.24) is 24.7 Å². The van der Waals surface area contributed by atoms with Gasteiger partial charge in [-0.1, -0.05) is 30.3 Å². The van der Waals surface area contributed by atoms with Gasteiger partial charge in [0, 0.05) is 75.3 Å². The zero-order valence-electron chi connectivity index (χ0n) is 16.8. The van der Waals surface area contributed by atoms with Crippen LogP contribution in [0.3, 0.4) is 0 Å². The van der Waals surface area contributed by atoms with E-state index >= 15 is 0 Å². The molecule has 148 valence electrons. The summed E-state index contributed by atoms with van der Waals surface area (Å²) in [5.41, 5.74) is 2.27. The number of piperazine rings is 1. The van der Waals surface area contributed by atoms with Crippen molar-refractivity contribution in [3.63, 3.8) is 0 Å². The fourth-order valence-electron chi connectivity index (χ4n) is 4.41. The van der Waals surface area contributed by atoms with Crippen molar-refractivity contribution in [1.29, 1.82) is 0 Å². The summed E-state index contributed by atoms with van der Waals surface area (Å²) in [6, 6.07) is 10.1.